The van der Waals surface area contributed by atoms with Gasteiger partial charge in [-0.2, -0.15) is 0 Å². The van der Waals surface area contributed by atoms with E-state index < -0.39 is 18.3 Å². The summed E-state index contributed by atoms with van der Waals surface area (Å²) in [6, 6.07) is 7.49. The fraction of sp³-hybridized carbons (Fsp3) is 0.278. The zero-order valence-electron chi connectivity index (χ0n) is 15.1. The monoisotopic (exact) mass is 368 g/mol. The highest BCUT2D eigenvalue weighted by atomic mass is 19.1. The maximum Gasteiger partial charge on any atom is 0.159 e. The van der Waals surface area contributed by atoms with Gasteiger partial charge in [0, 0.05) is 24.5 Å². The Morgan fingerprint density at radius 1 is 1.11 bits per heavy atom. The van der Waals surface area contributed by atoms with E-state index in [9.17, 15) is 4.39 Å². The van der Waals surface area contributed by atoms with Crippen LogP contribution in [0.2, 0.25) is 0 Å². The standard InChI is InChI=1S/C18H21FN8/c1-11(17-22-7-12(19)8-23-17)26-14-6-4-3-5-13(14)16(20)27(18(26)21)15-9-25(2)10-24-15/h3-11,16,18H,20-21H2,1-2H3/t11-,16?,18?/m0/s1. The van der Waals surface area contributed by atoms with E-state index in [1.807, 2.05) is 58.8 Å². The zero-order valence-corrected chi connectivity index (χ0v) is 15.1. The summed E-state index contributed by atoms with van der Waals surface area (Å²) in [5.41, 5.74) is 15.0. The molecule has 0 spiro atoms. The van der Waals surface area contributed by atoms with Crippen LogP contribution in [0.25, 0.3) is 0 Å². The van der Waals surface area contributed by atoms with Gasteiger partial charge in [0.25, 0.3) is 0 Å². The van der Waals surface area contributed by atoms with E-state index >= 15 is 0 Å². The third kappa shape index (κ3) is 2.90. The second kappa shape index (κ2) is 6.60. The number of benzene rings is 1. The summed E-state index contributed by atoms with van der Waals surface area (Å²) < 4.78 is 15.1. The van der Waals surface area contributed by atoms with Crippen molar-refractivity contribution in [3.8, 4) is 0 Å². The lowest BCUT2D eigenvalue weighted by molar-refractivity contribution is 0.438. The van der Waals surface area contributed by atoms with Crippen molar-refractivity contribution < 1.29 is 4.39 Å². The first-order valence-electron chi connectivity index (χ1n) is 8.59. The fourth-order valence-electron chi connectivity index (χ4n) is 3.47. The number of anilines is 2. The summed E-state index contributed by atoms with van der Waals surface area (Å²) in [4.78, 5) is 16.5. The number of imidazole rings is 1. The molecule has 0 saturated heterocycles. The molecule has 3 atom stereocenters. The maximum absolute atomic E-state index is 13.2. The van der Waals surface area contributed by atoms with Crippen LogP contribution < -0.4 is 21.3 Å². The van der Waals surface area contributed by atoms with E-state index in [0.717, 1.165) is 23.6 Å². The third-order valence-corrected chi connectivity index (χ3v) is 4.79. The van der Waals surface area contributed by atoms with Crippen molar-refractivity contribution in [1.29, 1.82) is 0 Å². The smallest absolute Gasteiger partial charge is 0.159 e. The minimum absolute atomic E-state index is 0.305. The van der Waals surface area contributed by atoms with Crippen LogP contribution in [-0.4, -0.2) is 25.8 Å². The fourth-order valence-corrected chi connectivity index (χ4v) is 3.47. The minimum atomic E-state index is -0.603. The molecule has 0 amide bonds. The molecule has 0 fully saturated rings. The van der Waals surface area contributed by atoms with Crippen LogP contribution in [-0.2, 0) is 7.05 Å². The summed E-state index contributed by atoms with van der Waals surface area (Å²) in [6.07, 6.45) is 4.82. The van der Waals surface area contributed by atoms with Crippen LogP contribution in [0.4, 0.5) is 15.9 Å². The normalized spacial score (nSPS) is 20.5. The molecule has 3 aromatic rings. The van der Waals surface area contributed by atoms with Crippen LogP contribution >= 0.6 is 0 Å². The second-order valence-corrected chi connectivity index (χ2v) is 6.56. The summed E-state index contributed by atoms with van der Waals surface area (Å²) >= 11 is 0. The molecule has 3 heterocycles. The molecule has 1 aromatic carbocycles. The van der Waals surface area contributed by atoms with Gasteiger partial charge in [-0.25, -0.2) is 19.3 Å². The van der Waals surface area contributed by atoms with Crippen LogP contribution in [0.15, 0.2) is 49.2 Å². The SMILES string of the molecule is C[C@@H](c1ncc(F)cn1)N1c2ccccc2C(N)N(c2cn(C)cn2)C1N. The summed E-state index contributed by atoms with van der Waals surface area (Å²) in [5, 5.41) is 0. The molecule has 0 aliphatic carbocycles. The molecular formula is C18H21FN8. The van der Waals surface area contributed by atoms with E-state index in [2.05, 4.69) is 15.0 Å². The number of halogens is 1. The van der Waals surface area contributed by atoms with Crippen LogP contribution in [0, 0.1) is 5.82 Å². The average Bonchev–Trinajstić information content (AvgIpc) is 3.08. The number of aromatic nitrogens is 4. The average molecular weight is 368 g/mol. The minimum Gasteiger partial charge on any atom is -0.338 e. The largest absolute Gasteiger partial charge is 0.338 e. The van der Waals surface area contributed by atoms with Crippen LogP contribution in [0.3, 0.4) is 0 Å². The molecule has 9 heteroatoms. The highest BCUT2D eigenvalue weighted by molar-refractivity contribution is 5.63. The van der Waals surface area contributed by atoms with E-state index in [-0.39, 0.29) is 6.04 Å². The number of para-hydroxylation sites is 1. The van der Waals surface area contributed by atoms with Gasteiger partial charge in [0.1, 0.15) is 6.17 Å². The topological polar surface area (TPSA) is 102 Å². The summed E-state index contributed by atoms with van der Waals surface area (Å²) in [6.45, 7) is 1.93. The van der Waals surface area contributed by atoms with Crippen molar-refractivity contribution in [2.24, 2.45) is 18.5 Å². The molecule has 1 aliphatic heterocycles. The van der Waals surface area contributed by atoms with Gasteiger partial charge in [0.2, 0.25) is 0 Å². The van der Waals surface area contributed by atoms with Gasteiger partial charge >= 0.3 is 0 Å². The van der Waals surface area contributed by atoms with Gasteiger partial charge in [-0.1, -0.05) is 18.2 Å². The highest BCUT2D eigenvalue weighted by Gasteiger charge is 2.39. The summed E-state index contributed by atoms with van der Waals surface area (Å²) in [5.74, 6) is 0.661. The summed E-state index contributed by atoms with van der Waals surface area (Å²) in [7, 11) is 1.89. The molecule has 0 bridgehead atoms. The quantitative estimate of drug-likeness (QED) is 0.724. The van der Waals surface area contributed by atoms with Crippen LogP contribution in [0.1, 0.15) is 30.5 Å². The molecule has 4 rings (SSSR count). The first-order chi connectivity index (χ1) is 13.0. The molecule has 8 nitrogen and oxygen atoms in total. The van der Waals surface area contributed by atoms with Gasteiger partial charge in [0.15, 0.2) is 23.7 Å². The Kier molecular flexibility index (Phi) is 4.25. The van der Waals surface area contributed by atoms with E-state index in [4.69, 9.17) is 11.5 Å². The third-order valence-electron chi connectivity index (χ3n) is 4.79. The molecule has 0 saturated carbocycles. The predicted octanol–water partition coefficient (Wildman–Crippen LogP) is 1.64. The number of hydrogen-bond acceptors (Lipinski definition) is 7. The molecule has 0 radical (unpaired) electrons. The van der Waals surface area contributed by atoms with E-state index in [0.29, 0.717) is 11.6 Å². The molecule has 1 aliphatic rings. The van der Waals surface area contributed by atoms with Gasteiger partial charge < -0.3 is 20.1 Å². The van der Waals surface area contributed by atoms with Crippen molar-refractivity contribution >= 4 is 11.5 Å². The van der Waals surface area contributed by atoms with Crippen molar-refractivity contribution in [1.82, 2.24) is 19.5 Å². The highest BCUT2D eigenvalue weighted by Crippen LogP contribution is 2.40. The lowest BCUT2D eigenvalue weighted by Gasteiger charge is -2.49. The number of fused-ring (bicyclic) bond motifs is 1. The lowest BCUT2D eigenvalue weighted by atomic mass is 10.0. The predicted molar refractivity (Wildman–Crippen MR) is 99.9 cm³/mol. The van der Waals surface area contributed by atoms with Gasteiger partial charge in [-0.3, -0.25) is 5.73 Å². The molecule has 4 N–H and O–H groups in total. The molecule has 2 unspecified atom stereocenters. The van der Waals surface area contributed by atoms with Crippen LogP contribution in [0.5, 0.6) is 0 Å². The second-order valence-electron chi connectivity index (χ2n) is 6.56. The van der Waals surface area contributed by atoms with Crippen molar-refractivity contribution in [2.75, 3.05) is 9.80 Å². The Labute approximate surface area is 156 Å². The van der Waals surface area contributed by atoms with Crippen molar-refractivity contribution in [3.05, 3.63) is 66.4 Å². The number of nitrogens with two attached hydrogens (primary N) is 2. The molecule has 27 heavy (non-hydrogen) atoms. The molecule has 2 aromatic heterocycles. The number of hydrogen-bond donors (Lipinski definition) is 2. The number of rotatable bonds is 3. The zero-order chi connectivity index (χ0) is 19.1. The van der Waals surface area contributed by atoms with E-state index in [1.54, 1.807) is 6.33 Å². The first-order valence-corrected chi connectivity index (χ1v) is 8.59. The van der Waals surface area contributed by atoms with E-state index in [1.165, 1.54) is 0 Å². The maximum atomic E-state index is 13.2. The van der Waals surface area contributed by atoms with Crippen molar-refractivity contribution in [3.63, 3.8) is 0 Å². The van der Waals surface area contributed by atoms with Gasteiger partial charge in [-0.15, -0.1) is 0 Å². The Morgan fingerprint density at radius 3 is 2.48 bits per heavy atom. The van der Waals surface area contributed by atoms with Gasteiger partial charge in [0.05, 0.1) is 24.8 Å². The van der Waals surface area contributed by atoms with Gasteiger partial charge in [-0.05, 0) is 13.0 Å². The Balaban J connectivity index is 1.81. The molecular weight excluding hydrogens is 347 g/mol. The Bertz CT molecular complexity index is 941. The molecule has 140 valence electrons. The van der Waals surface area contributed by atoms with Crippen molar-refractivity contribution in [2.45, 2.75) is 25.4 Å². The Hall–Kier alpha value is -3.04. The lowest BCUT2D eigenvalue weighted by Crippen LogP contribution is -2.61. The number of aryl methyl sites for hydroxylation is 1. The number of nitrogens with zero attached hydrogens (tertiary/aromatic N) is 6. The first kappa shape index (κ1) is 17.4. The Morgan fingerprint density at radius 2 is 1.81 bits per heavy atom.